The van der Waals surface area contributed by atoms with Gasteiger partial charge in [0.25, 0.3) is 0 Å². The largest absolute Gasteiger partial charge is 0.387 e. The van der Waals surface area contributed by atoms with Gasteiger partial charge in [-0.05, 0) is 37.1 Å². The van der Waals surface area contributed by atoms with E-state index in [4.69, 9.17) is 5.73 Å². The number of carbonyl (C=O) groups is 1. The SMILES string of the molecule is CS(=O)(=O)c1ccc(C(O)CNCCCCC(N)=O)cc1. The van der Waals surface area contributed by atoms with Gasteiger partial charge in [0.1, 0.15) is 0 Å². The van der Waals surface area contributed by atoms with Crippen LogP contribution in [0.3, 0.4) is 0 Å². The smallest absolute Gasteiger partial charge is 0.217 e. The van der Waals surface area contributed by atoms with E-state index in [9.17, 15) is 18.3 Å². The van der Waals surface area contributed by atoms with E-state index in [0.29, 0.717) is 25.1 Å². The summed E-state index contributed by atoms with van der Waals surface area (Å²) in [7, 11) is -3.21. The fourth-order valence-electron chi connectivity index (χ4n) is 1.84. The van der Waals surface area contributed by atoms with Crippen LogP contribution >= 0.6 is 0 Å². The fraction of sp³-hybridized carbons (Fsp3) is 0.500. The van der Waals surface area contributed by atoms with Crippen molar-refractivity contribution in [1.29, 1.82) is 0 Å². The first-order chi connectivity index (χ1) is 9.80. The molecule has 0 spiro atoms. The topological polar surface area (TPSA) is 109 Å². The summed E-state index contributed by atoms with van der Waals surface area (Å²) in [6.45, 7) is 1.06. The molecule has 0 aliphatic rings. The number of nitrogens with two attached hydrogens (primary N) is 1. The number of aliphatic hydroxyl groups is 1. The molecule has 1 aromatic rings. The lowest BCUT2D eigenvalue weighted by atomic mass is 10.1. The van der Waals surface area contributed by atoms with Gasteiger partial charge < -0.3 is 16.2 Å². The van der Waals surface area contributed by atoms with Gasteiger partial charge in [0.15, 0.2) is 9.84 Å². The van der Waals surface area contributed by atoms with E-state index in [1.165, 1.54) is 12.1 Å². The Bertz CT molecular complexity index is 555. The minimum atomic E-state index is -3.21. The van der Waals surface area contributed by atoms with Gasteiger partial charge >= 0.3 is 0 Å². The summed E-state index contributed by atoms with van der Waals surface area (Å²) >= 11 is 0. The first kappa shape index (κ1) is 17.6. The number of sulfone groups is 1. The third-order valence-corrected chi connectivity index (χ3v) is 4.19. The Morgan fingerprint density at radius 1 is 1.29 bits per heavy atom. The fourth-order valence-corrected chi connectivity index (χ4v) is 2.47. The summed E-state index contributed by atoms with van der Waals surface area (Å²) in [5, 5.41) is 13.1. The highest BCUT2D eigenvalue weighted by Crippen LogP contribution is 2.15. The molecule has 1 unspecified atom stereocenters. The van der Waals surface area contributed by atoms with Crippen LogP contribution in [0.4, 0.5) is 0 Å². The molecule has 1 amide bonds. The second kappa shape index (κ2) is 8.11. The molecule has 6 nitrogen and oxygen atoms in total. The lowest BCUT2D eigenvalue weighted by Crippen LogP contribution is -2.23. The van der Waals surface area contributed by atoms with E-state index in [-0.39, 0.29) is 10.8 Å². The number of benzene rings is 1. The molecule has 0 heterocycles. The Kier molecular flexibility index (Phi) is 6.80. The summed E-state index contributed by atoms with van der Waals surface area (Å²) in [5.74, 6) is -0.305. The second-order valence-electron chi connectivity index (χ2n) is 4.98. The Hall–Kier alpha value is -1.44. The van der Waals surface area contributed by atoms with Crippen LogP contribution in [0.15, 0.2) is 29.2 Å². The van der Waals surface area contributed by atoms with Gasteiger partial charge in [-0.15, -0.1) is 0 Å². The standard InChI is InChI=1S/C14H22N2O4S/c1-21(19,20)12-7-5-11(6-8-12)13(17)10-16-9-3-2-4-14(15)18/h5-8,13,16-17H,2-4,9-10H2,1H3,(H2,15,18). The van der Waals surface area contributed by atoms with Gasteiger partial charge in [0.05, 0.1) is 11.0 Å². The average molecular weight is 314 g/mol. The van der Waals surface area contributed by atoms with E-state index in [1.807, 2.05) is 0 Å². The normalized spacial score (nSPS) is 13.0. The van der Waals surface area contributed by atoms with Crippen LogP contribution in [-0.4, -0.2) is 38.8 Å². The molecule has 21 heavy (non-hydrogen) atoms. The number of nitrogens with one attached hydrogen (secondary N) is 1. The van der Waals surface area contributed by atoms with Crippen molar-refractivity contribution in [2.75, 3.05) is 19.3 Å². The zero-order valence-electron chi connectivity index (χ0n) is 12.1. The van der Waals surface area contributed by atoms with E-state index < -0.39 is 15.9 Å². The molecule has 1 rings (SSSR count). The van der Waals surface area contributed by atoms with Crippen molar-refractivity contribution in [3.63, 3.8) is 0 Å². The van der Waals surface area contributed by atoms with Gasteiger partial charge in [-0.2, -0.15) is 0 Å². The third kappa shape index (κ3) is 6.70. The zero-order chi connectivity index (χ0) is 15.9. The number of primary amides is 1. The summed E-state index contributed by atoms with van der Waals surface area (Å²) in [5.41, 5.74) is 5.69. The van der Waals surface area contributed by atoms with Crippen molar-refractivity contribution in [1.82, 2.24) is 5.32 Å². The van der Waals surface area contributed by atoms with Gasteiger partial charge in [0.2, 0.25) is 5.91 Å². The summed E-state index contributed by atoms with van der Waals surface area (Å²) in [6.07, 6.45) is 2.35. The summed E-state index contributed by atoms with van der Waals surface area (Å²) < 4.78 is 22.7. The summed E-state index contributed by atoms with van der Waals surface area (Å²) in [4.78, 5) is 10.8. The van der Waals surface area contributed by atoms with E-state index in [0.717, 1.165) is 19.1 Å². The van der Waals surface area contributed by atoms with Gasteiger partial charge in [-0.1, -0.05) is 12.1 Å². The van der Waals surface area contributed by atoms with Gasteiger partial charge in [-0.3, -0.25) is 4.79 Å². The van der Waals surface area contributed by atoms with Crippen molar-refractivity contribution in [3.8, 4) is 0 Å². The van der Waals surface area contributed by atoms with Crippen LogP contribution in [0.25, 0.3) is 0 Å². The number of aliphatic hydroxyl groups excluding tert-OH is 1. The average Bonchev–Trinajstić information content (AvgIpc) is 2.41. The number of rotatable bonds is 9. The Morgan fingerprint density at radius 2 is 1.90 bits per heavy atom. The number of carbonyl (C=O) groups excluding carboxylic acids is 1. The predicted molar refractivity (Wildman–Crippen MR) is 80.4 cm³/mol. The van der Waals surface area contributed by atoms with Crippen molar-refractivity contribution < 1.29 is 18.3 Å². The number of hydrogen-bond acceptors (Lipinski definition) is 5. The van der Waals surface area contributed by atoms with Crippen LogP contribution in [0.5, 0.6) is 0 Å². The Balaban J connectivity index is 2.35. The molecule has 0 aliphatic heterocycles. The van der Waals surface area contributed by atoms with Crippen molar-refractivity contribution in [2.24, 2.45) is 5.73 Å². The molecule has 0 saturated carbocycles. The van der Waals surface area contributed by atoms with Gasteiger partial charge in [-0.25, -0.2) is 8.42 Å². The van der Waals surface area contributed by atoms with E-state index >= 15 is 0 Å². The molecule has 0 fully saturated rings. The van der Waals surface area contributed by atoms with Crippen LogP contribution in [0, 0.1) is 0 Å². The number of unbranched alkanes of at least 4 members (excludes halogenated alkanes) is 1. The molecule has 0 bridgehead atoms. The predicted octanol–water partition coefficient (Wildman–Crippen LogP) is 0.369. The minimum Gasteiger partial charge on any atom is -0.387 e. The first-order valence-electron chi connectivity index (χ1n) is 6.78. The molecule has 7 heteroatoms. The van der Waals surface area contributed by atoms with Crippen LogP contribution in [-0.2, 0) is 14.6 Å². The van der Waals surface area contributed by atoms with Crippen molar-refractivity contribution in [3.05, 3.63) is 29.8 Å². The van der Waals surface area contributed by atoms with Crippen molar-refractivity contribution in [2.45, 2.75) is 30.3 Å². The van der Waals surface area contributed by atoms with E-state index in [2.05, 4.69) is 5.32 Å². The molecule has 0 saturated heterocycles. The summed E-state index contributed by atoms with van der Waals surface area (Å²) in [6, 6.07) is 6.19. The maximum atomic E-state index is 11.3. The number of hydrogen-bond donors (Lipinski definition) is 3. The Morgan fingerprint density at radius 3 is 2.43 bits per heavy atom. The number of amides is 1. The molecule has 0 aliphatic carbocycles. The first-order valence-corrected chi connectivity index (χ1v) is 8.67. The zero-order valence-corrected chi connectivity index (χ0v) is 12.9. The Labute approximate surface area is 125 Å². The molecular weight excluding hydrogens is 292 g/mol. The monoisotopic (exact) mass is 314 g/mol. The lowest BCUT2D eigenvalue weighted by Gasteiger charge is -2.12. The van der Waals surface area contributed by atoms with Gasteiger partial charge in [0, 0.05) is 19.2 Å². The van der Waals surface area contributed by atoms with Crippen LogP contribution < -0.4 is 11.1 Å². The second-order valence-corrected chi connectivity index (χ2v) is 7.00. The third-order valence-electron chi connectivity index (χ3n) is 3.06. The molecule has 1 aromatic carbocycles. The minimum absolute atomic E-state index is 0.234. The quantitative estimate of drug-likeness (QED) is 0.570. The highest BCUT2D eigenvalue weighted by atomic mass is 32.2. The molecule has 0 aromatic heterocycles. The molecule has 4 N–H and O–H groups in total. The maximum absolute atomic E-state index is 11.3. The lowest BCUT2D eigenvalue weighted by molar-refractivity contribution is -0.118. The van der Waals surface area contributed by atoms with Crippen LogP contribution in [0.1, 0.15) is 30.9 Å². The van der Waals surface area contributed by atoms with Crippen LogP contribution in [0.2, 0.25) is 0 Å². The maximum Gasteiger partial charge on any atom is 0.217 e. The molecule has 0 radical (unpaired) electrons. The highest BCUT2D eigenvalue weighted by Gasteiger charge is 2.10. The van der Waals surface area contributed by atoms with E-state index in [1.54, 1.807) is 12.1 Å². The van der Waals surface area contributed by atoms with Crippen molar-refractivity contribution >= 4 is 15.7 Å². The molecule has 118 valence electrons. The highest BCUT2D eigenvalue weighted by molar-refractivity contribution is 7.90. The molecule has 1 atom stereocenters. The molecular formula is C14H22N2O4S.